The maximum Gasteiger partial charge on any atom is 0.122 e. The predicted molar refractivity (Wildman–Crippen MR) is 77.6 cm³/mol. The molecule has 1 N–H and O–H groups in total. The van der Waals surface area contributed by atoms with Crippen molar-refractivity contribution in [3.8, 4) is 5.75 Å². The fourth-order valence-electron chi connectivity index (χ4n) is 3.00. The van der Waals surface area contributed by atoms with Gasteiger partial charge in [0.1, 0.15) is 5.75 Å². The molecular weight excluding hydrogens is 236 g/mol. The van der Waals surface area contributed by atoms with Crippen LogP contribution in [-0.4, -0.2) is 37.7 Å². The van der Waals surface area contributed by atoms with Gasteiger partial charge in [-0.3, -0.25) is 0 Å². The van der Waals surface area contributed by atoms with Gasteiger partial charge in [-0.1, -0.05) is 18.6 Å². The summed E-state index contributed by atoms with van der Waals surface area (Å²) in [4.78, 5) is 2.58. The predicted octanol–water partition coefficient (Wildman–Crippen LogP) is 2.20. The zero-order chi connectivity index (χ0) is 12.9. The van der Waals surface area contributed by atoms with Crippen LogP contribution in [-0.2, 0) is 13.0 Å². The van der Waals surface area contributed by atoms with Crippen LogP contribution >= 0.6 is 0 Å². The van der Waals surface area contributed by atoms with E-state index >= 15 is 0 Å². The first-order valence-electron chi connectivity index (χ1n) is 7.59. The third-order valence-electron chi connectivity index (χ3n) is 4.14. The lowest BCUT2D eigenvalue weighted by Crippen LogP contribution is -2.35. The van der Waals surface area contributed by atoms with Gasteiger partial charge < -0.3 is 15.0 Å². The Morgan fingerprint density at radius 1 is 1.16 bits per heavy atom. The molecule has 104 valence electrons. The van der Waals surface area contributed by atoms with Crippen molar-refractivity contribution in [1.82, 2.24) is 10.2 Å². The van der Waals surface area contributed by atoms with Crippen LogP contribution in [0.5, 0.6) is 5.75 Å². The number of rotatable bonds is 5. The minimum Gasteiger partial charge on any atom is -0.493 e. The van der Waals surface area contributed by atoms with Gasteiger partial charge in [0.15, 0.2) is 0 Å². The molecule has 0 atom stereocenters. The molecule has 0 bridgehead atoms. The molecule has 2 aliphatic rings. The highest BCUT2D eigenvalue weighted by Crippen LogP contribution is 2.25. The first-order chi connectivity index (χ1) is 9.42. The number of piperidine rings is 1. The van der Waals surface area contributed by atoms with E-state index in [9.17, 15) is 0 Å². The van der Waals surface area contributed by atoms with E-state index in [1.807, 2.05) is 0 Å². The molecule has 0 saturated carbocycles. The molecule has 3 nitrogen and oxygen atoms in total. The third kappa shape index (κ3) is 3.48. The zero-order valence-corrected chi connectivity index (χ0v) is 11.7. The van der Waals surface area contributed by atoms with Crippen molar-refractivity contribution in [2.75, 3.05) is 32.8 Å². The van der Waals surface area contributed by atoms with Gasteiger partial charge in [-0.25, -0.2) is 0 Å². The smallest absolute Gasteiger partial charge is 0.122 e. The SMILES string of the molecule is c1cc2c(cc1CNCCN1CCCCC1)CCO2. The number of likely N-dealkylation sites (tertiary alicyclic amines) is 1. The van der Waals surface area contributed by atoms with E-state index in [2.05, 4.69) is 28.4 Å². The number of hydrogen-bond acceptors (Lipinski definition) is 3. The molecule has 1 aromatic rings. The Kier molecular flexibility index (Phi) is 4.36. The molecule has 0 spiro atoms. The number of benzene rings is 1. The molecular formula is C16H24N2O. The quantitative estimate of drug-likeness (QED) is 0.821. The fourth-order valence-corrected chi connectivity index (χ4v) is 3.00. The number of ether oxygens (including phenoxy) is 1. The molecule has 0 aliphatic carbocycles. The molecule has 3 rings (SSSR count). The highest BCUT2D eigenvalue weighted by Gasteiger charge is 2.12. The molecule has 3 heteroatoms. The summed E-state index contributed by atoms with van der Waals surface area (Å²) in [5, 5.41) is 3.56. The van der Waals surface area contributed by atoms with E-state index in [-0.39, 0.29) is 0 Å². The molecule has 2 aliphatic heterocycles. The number of nitrogens with zero attached hydrogens (tertiary/aromatic N) is 1. The average molecular weight is 260 g/mol. The fraction of sp³-hybridized carbons (Fsp3) is 0.625. The lowest BCUT2D eigenvalue weighted by Gasteiger charge is -2.26. The Hall–Kier alpha value is -1.06. The molecule has 0 aromatic heterocycles. The molecule has 19 heavy (non-hydrogen) atoms. The summed E-state index contributed by atoms with van der Waals surface area (Å²) < 4.78 is 5.53. The van der Waals surface area contributed by atoms with Crippen LogP contribution < -0.4 is 10.1 Å². The van der Waals surface area contributed by atoms with Gasteiger partial charge in [0.2, 0.25) is 0 Å². The van der Waals surface area contributed by atoms with E-state index < -0.39 is 0 Å². The topological polar surface area (TPSA) is 24.5 Å². The van der Waals surface area contributed by atoms with Crippen molar-refractivity contribution in [2.45, 2.75) is 32.2 Å². The maximum absolute atomic E-state index is 5.53. The number of nitrogens with one attached hydrogen (secondary N) is 1. The van der Waals surface area contributed by atoms with Crippen LogP contribution in [0.3, 0.4) is 0 Å². The Bertz CT molecular complexity index is 413. The molecule has 0 radical (unpaired) electrons. The van der Waals surface area contributed by atoms with Crippen LogP contribution in [0.25, 0.3) is 0 Å². The van der Waals surface area contributed by atoms with Crippen molar-refractivity contribution >= 4 is 0 Å². The Morgan fingerprint density at radius 3 is 2.95 bits per heavy atom. The average Bonchev–Trinajstić information content (AvgIpc) is 2.92. The largest absolute Gasteiger partial charge is 0.493 e. The van der Waals surface area contributed by atoms with Gasteiger partial charge in [-0.15, -0.1) is 0 Å². The van der Waals surface area contributed by atoms with E-state index in [0.717, 1.165) is 31.9 Å². The normalized spacial score (nSPS) is 19.2. The van der Waals surface area contributed by atoms with Crippen LogP contribution in [0, 0.1) is 0 Å². The van der Waals surface area contributed by atoms with Gasteiger partial charge >= 0.3 is 0 Å². The Balaban J connectivity index is 1.40. The van der Waals surface area contributed by atoms with Crippen molar-refractivity contribution in [2.24, 2.45) is 0 Å². The molecule has 0 unspecified atom stereocenters. The van der Waals surface area contributed by atoms with Crippen LogP contribution in [0.2, 0.25) is 0 Å². The standard InChI is InChI=1S/C16H24N2O/c1-2-8-18(9-3-1)10-7-17-13-14-4-5-16-15(12-14)6-11-19-16/h4-5,12,17H,1-3,6-11,13H2. The Morgan fingerprint density at radius 2 is 2.05 bits per heavy atom. The molecule has 1 fully saturated rings. The van der Waals surface area contributed by atoms with E-state index in [1.54, 1.807) is 0 Å². The maximum atomic E-state index is 5.53. The zero-order valence-electron chi connectivity index (χ0n) is 11.7. The lowest BCUT2D eigenvalue weighted by atomic mass is 10.1. The summed E-state index contributed by atoms with van der Waals surface area (Å²) in [7, 11) is 0. The van der Waals surface area contributed by atoms with Crippen molar-refractivity contribution in [3.63, 3.8) is 0 Å². The Labute approximate surface area is 115 Å². The van der Waals surface area contributed by atoms with Crippen molar-refractivity contribution in [3.05, 3.63) is 29.3 Å². The third-order valence-corrected chi connectivity index (χ3v) is 4.14. The summed E-state index contributed by atoms with van der Waals surface area (Å²) in [5.74, 6) is 1.08. The van der Waals surface area contributed by atoms with E-state index in [4.69, 9.17) is 4.74 Å². The second kappa shape index (κ2) is 6.40. The summed E-state index contributed by atoms with van der Waals surface area (Å²) in [6, 6.07) is 6.58. The monoisotopic (exact) mass is 260 g/mol. The van der Waals surface area contributed by atoms with Gasteiger partial charge in [0, 0.05) is 26.1 Å². The second-order valence-electron chi connectivity index (χ2n) is 5.62. The van der Waals surface area contributed by atoms with Crippen LogP contribution in [0.15, 0.2) is 18.2 Å². The summed E-state index contributed by atoms with van der Waals surface area (Å²) in [5.41, 5.74) is 2.75. The van der Waals surface area contributed by atoms with E-state index in [1.165, 1.54) is 50.0 Å². The molecule has 2 heterocycles. The van der Waals surface area contributed by atoms with Crippen molar-refractivity contribution < 1.29 is 4.74 Å². The molecule has 1 aromatic carbocycles. The number of hydrogen-bond donors (Lipinski definition) is 1. The van der Waals surface area contributed by atoms with Gasteiger partial charge in [0.05, 0.1) is 6.61 Å². The van der Waals surface area contributed by atoms with Gasteiger partial charge in [0.25, 0.3) is 0 Å². The van der Waals surface area contributed by atoms with E-state index in [0.29, 0.717) is 0 Å². The molecule has 1 saturated heterocycles. The van der Waals surface area contributed by atoms with Gasteiger partial charge in [-0.2, -0.15) is 0 Å². The highest BCUT2D eigenvalue weighted by atomic mass is 16.5. The lowest BCUT2D eigenvalue weighted by molar-refractivity contribution is 0.229. The summed E-state index contributed by atoms with van der Waals surface area (Å²) in [6.07, 6.45) is 5.24. The first-order valence-corrected chi connectivity index (χ1v) is 7.59. The second-order valence-corrected chi connectivity index (χ2v) is 5.62. The minimum absolute atomic E-state index is 0.848. The minimum atomic E-state index is 0.848. The van der Waals surface area contributed by atoms with Gasteiger partial charge in [-0.05, 0) is 43.1 Å². The van der Waals surface area contributed by atoms with Crippen LogP contribution in [0.1, 0.15) is 30.4 Å². The van der Waals surface area contributed by atoms with Crippen LogP contribution in [0.4, 0.5) is 0 Å². The first kappa shape index (κ1) is 12.9. The van der Waals surface area contributed by atoms with Crippen molar-refractivity contribution in [1.29, 1.82) is 0 Å². The summed E-state index contributed by atoms with van der Waals surface area (Å²) in [6.45, 7) is 6.68. The number of fused-ring (bicyclic) bond motifs is 1. The highest BCUT2D eigenvalue weighted by molar-refractivity contribution is 5.39. The molecule has 0 amide bonds. The summed E-state index contributed by atoms with van der Waals surface area (Å²) >= 11 is 0.